The minimum Gasteiger partial charge on any atom is -0.493 e. The van der Waals surface area contributed by atoms with Crippen LogP contribution in [0.2, 0.25) is 0 Å². The van der Waals surface area contributed by atoms with Crippen molar-refractivity contribution < 1.29 is 23.9 Å². The number of carbonyl (C=O) groups excluding carboxylic acids is 3. The monoisotopic (exact) mass is 642 g/mol. The van der Waals surface area contributed by atoms with E-state index in [1.54, 1.807) is 12.1 Å². The SMILES string of the molecule is COc1cc(/C=N\NC(=O)C(=O)Nc2c(C)cccc2C)cc(I)c1OCC(=O)Nc1c(C)cc(C)cc1C. The van der Waals surface area contributed by atoms with Crippen LogP contribution in [0.1, 0.15) is 33.4 Å². The average Bonchev–Trinajstić information content (AvgIpc) is 2.87. The van der Waals surface area contributed by atoms with Gasteiger partial charge in [0.2, 0.25) is 0 Å². The van der Waals surface area contributed by atoms with Crippen LogP contribution in [0, 0.1) is 38.2 Å². The first-order valence-electron chi connectivity index (χ1n) is 12.1. The Morgan fingerprint density at radius 3 is 2.10 bits per heavy atom. The van der Waals surface area contributed by atoms with Gasteiger partial charge >= 0.3 is 11.8 Å². The Morgan fingerprint density at radius 1 is 0.872 bits per heavy atom. The lowest BCUT2D eigenvalue weighted by Crippen LogP contribution is -2.32. The molecule has 0 aliphatic rings. The molecule has 204 valence electrons. The highest BCUT2D eigenvalue weighted by Gasteiger charge is 2.17. The molecule has 0 atom stereocenters. The van der Waals surface area contributed by atoms with E-state index >= 15 is 0 Å². The van der Waals surface area contributed by atoms with E-state index in [1.165, 1.54) is 13.3 Å². The molecule has 3 amide bonds. The van der Waals surface area contributed by atoms with Gasteiger partial charge in [0, 0.05) is 11.4 Å². The third-order valence-electron chi connectivity index (χ3n) is 5.85. The maximum atomic E-state index is 12.6. The molecule has 3 aromatic carbocycles. The van der Waals surface area contributed by atoms with Crippen LogP contribution in [0.5, 0.6) is 11.5 Å². The molecule has 9 nitrogen and oxygen atoms in total. The summed E-state index contributed by atoms with van der Waals surface area (Å²) in [6.07, 6.45) is 1.38. The van der Waals surface area contributed by atoms with Crippen LogP contribution in [0.25, 0.3) is 0 Å². The standard InChI is InChI=1S/C29H31IN4O5/c1-16-10-19(4)26(20(5)11-16)32-24(35)15-39-27-22(30)12-21(13-23(27)38-6)14-31-34-29(37)28(36)33-25-17(2)8-7-9-18(25)3/h7-14H,15H2,1-6H3,(H,32,35)(H,33,36)(H,34,37)/b31-14-. The topological polar surface area (TPSA) is 118 Å². The largest absolute Gasteiger partial charge is 0.493 e. The molecule has 0 saturated carbocycles. The predicted octanol–water partition coefficient (Wildman–Crippen LogP) is 4.95. The van der Waals surface area contributed by atoms with Gasteiger partial charge in [-0.3, -0.25) is 14.4 Å². The van der Waals surface area contributed by atoms with E-state index in [9.17, 15) is 14.4 Å². The van der Waals surface area contributed by atoms with Crippen LogP contribution >= 0.6 is 22.6 Å². The molecular weight excluding hydrogens is 611 g/mol. The third-order valence-corrected chi connectivity index (χ3v) is 6.65. The van der Waals surface area contributed by atoms with Crippen molar-refractivity contribution in [2.24, 2.45) is 5.10 Å². The maximum absolute atomic E-state index is 12.6. The summed E-state index contributed by atoms with van der Waals surface area (Å²) in [6, 6.07) is 13.0. The molecule has 0 aliphatic heterocycles. The first kappa shape index (κ1) is 29.6. The van der Waals surface area contributed by atoms with E-state index in [2.05, 4.69) is 43.8 Å². The second-order valence-electron chi connectivity index (χ2n) is 9.06. The van der Waals surface area contributed by atoms with Crippen LogP contribution in [0.3, 0.4) is 0 Å². The molecule has 3 aromatic rings. The number of hydrazone groups is 1. The number of nitrogens with zero attached hydrogens (tertiary/aromatic N) is 1. The van der Waals surface area contributed by atoms with Gasteiger partial charge in [-0.1, -0.05) is 35.9 Å². The number of nitrogens with one attached hydrogen (secondary N) is 3. The van der Waals surface area contributed by atoms with E-state index in [1.807, 2.05) is 65.0 Å². The van der Waals surface area contributed by atoms with Crippen molar-refractivity contribution in [3.8, 4) is 11.5 Å². The van der Waals surface area contributed by atoms with Gasteiger partial charge in [0.05, 0.1) is 16.9 Å². The van der Waals surface area contributed by atoms with Crippen LogP contribution in [-0.2, 0) is 14.4 Å². The number of rotatable bonds is 8. The molecule has 0 unspecified atom stereocenters. The smallest absolute Gasteiger partial charge is 0.329 e. The second-order valence-corrected chi connectivity index (χ2v) is 10.2. The van der Waals surface area contributed by atoms with Gasteiger partial charge in [-0.25, -0.2) is 5.43 Å². The zero-order chi connectivity index (χ0) is 28.7. The van der Waals surface area contributed by atoms with Gasteiger partial charge in [0.25, 0.3) is 5.91 Å². The summed E-state index contributed by atoms with van der Waals surface area (Å²) in [5.74, 6) is -1.23. The van der Waals surface area contributed by atoms with E-state index in [0.717, 1.165) is 33.5 Å². The van der Waals surface area contributed by atoms with Gasteiger partial charge in [0.1, 0.15) is 0 Å². The Bertz CT molecular complexity index is 1410. The first-order valence-corrected chi connectivity index (χ1v) is 13.2. The van der Waals surface area contributed by atoms with E-state index < -0.39 is 11.8 Å². The summed E-state index contributed by atoms with van der Waals surface area (Å²) < 4.78 is 11.9. The number of hydrogen-bond donors (Lipinski definition) is 3. The van der Waals surface area contributed by atoms with Crippen LogP contribution in [-0.4, -0.2) is 37.7 Å². The molecule has 0 saturated heterocycles. The Labute approximate surface area is 241 Å². The molecule has 0 spiro atoms. The van der Waals surface area contributed by atoms with Crippen molar-refractivity contribution in [3.63, 3.8) is 0 Å². The number of carbonyl (C=O) groups is 3. The number of aryl methyl sites for hydroxylation is 5. The van der Waals surface area contributed by atoms with Crippen molar-refractivity contribution in [1.29, 1.82) is 0 Å². The van der Waals surface area contributed by atoms with E-state index in [-0.39, 0.29) is 12.5 Å². The Morgan fingerprint density at radius 2 is 1.49 bits per heavy atom. The van der Waals surface area contributed by atoms with E-state index in [4.69, 9.17) is 9.47 Å². The van der Waals surface area contributed by atoms with Crippen molar-refractivity contribution in [3.05, 3.63) is 79.4 Å². The normalized spacial score (nSPS) is 10.7. The number of ether oxygens (including phenoxy) is 2. The van der Waals surface area contributed by atoms with Crippen LogP contribution in [0.15, 0.2) is 47.6 Å². The lowest BCUT2D eigenvalue weighted by atomic mass is 10.1. The molecule has 0 fully saturated rings. The lowest BCUT2D eigenvalue weighted by molar-refractivity contribution is -0.136. The Hall–Kier alpha value is -3.93. The minimum absolute atomic E-state index is 0.210. The molecule has 0 aliphatic carbocycles. The Balaban J connectivity index is 1.62. The van der Waals surface area contributed by atoms with Crippen molar-refractivity contribution in [1.82, 2.24) is 5.43 Å². The van der Waals surface area contributed by atoms with Crippen molar-refractivity contribution in [2.45, 2.75) is 34.6 Å². The molecule has 39 heavy (non-hydrogen) atoms. The fourth-order valence-electron chi connectivity index (χ4n) is 4.04. The van der Waals surface area contributed by atoms with Crippen LogP contribution < -0.4 is 25.5 Å². The highest BCUT2D eigenvalue weighted by Crippen LogP contribution is 2.33. The maximum Gasteiger partial charge on any atom is 0.329 e. The lowest BCUT2D eigenvalue weighted by Gasteiger charge is -2.15. The molecule has 0 bridgehead atoms. The number of methoxy groups -OCH3 is 1. The number of amides is 3. The molecule has 3 rings (SSSR count). The zero-order valence-corrected chi connectivity index (χ0v) is 24.8. The fourth-order valence-corrected chi connectivity index (χ4v) is 4.82. The summed E-state index contributed by atoms with van der Waals surface area (Å²) in [6.45, 7) is 9.39. The number of hydrogen-bond acceptors (Lipinski definition) is 6. The number of benzene rings is 3. The van der Waals surface area contributed by atoms with Gasteiger partial charge in [-0.05, 0) is 97.2 Å². The summed E-state index contributed by atoms with van der Waals surface area (Å²) in [5.41, 5.74) is 8.96. The van der Waals surface area contributed by atoms with Crippen LogP contribution in [0.4, 0.5) is 11.4 Å². The number of halogens is 1. The molecule has 0 aromatic heterocycles. The summed E-state index contributed by atoms with van der Waals surface area (Å²) in [7, 11) is 1.48. The summed E-state index contributed by atoms with van der Waals surface area (Å²) in [5, 5.41) is 9.41. The molecular formula is C29H31IN4O5. The highest BCUT2D eigenvalue weighted by molar-refractivity contribution is 14.1. The zero-order valence-electron chi connectivity index (χ0n) is 22.7. The molecule has 10 heteroatoms. The van der Waals surface area contributed by atoms with Gasteiger partial charge in [0.15, 0.2) is 18.1 Å². The van der Waals surface area contributed by atoms with Gasteiger partial charge in [-0.15, -0.1) is 0 Å². The van der Waals surface area contributed by atoms with Crippen molar-refractivity contribution in [2.75, 3.05) is 24.4 Å². The van der Waals surface area contributed by atoms with E-state index in [0.29, 0.717) is 26.3 Å². The molecule has 0 heterocycles. The minimum atomic E-state index is -0.902. The number of para-hydroxylation sites is 1. The summed E-state index contributed by atoms with van der Waals surface area (Å²) >= 11 is 2.06. The summed E-state index contributed by atoms with van der Waals surface area (Å²) in [4.78, 5) is 37.1. The first-order chi connectivity index (χ1) is 18.5. The second kappa shape index (κ2) is 13.2. The quantitative estimate of drug-likeness (QED) is 0.139. The fraction of sp³-hybridized carbons (Fsp3) is 0.241. The number of anilines is 2. The van der Waals surface area contributed by atoms with Crippen molar-refractivity contribution >= 4 is 57.9 Å². The predicted molar refractivity (Wildman–Crippen MR) is 161 cm³/mol. The van der Waals surface area contributed by atoms with Gasteiger partial charge < -0.3 is 20.1 Å². The van der Waals surface area contributed by atoms with Gasteiger partial charge in [-0.2, -0.15) is 5.10 Å². The highest BCUT2D eigenvalue weighted by atomic mass is 127. The average molecular weight is 642 g/mol. The molecule has 3 N–H and O–H groups in total. The Kier molecular flexibility index (Phi) is 10.0. The third kappa shape index (κ3) is 7.79. The molecule has 0 radical (unpaired) electrons.